The Morgan fingerprint density at radius 2 is 1.83 bits per heavy atom. The fourth-order valence-corrected chi connectivity index (χ4v) is 1.45. The highest BCUT2D eigenvalue weighted by atomic mass is 16.5. The van der Waals surface area contributed by atoms with E-state index in [4.69, 9.17) is 9.84 Å². The molecule has 0 rings (SSSR count). The lowest BCUT2D eigenvalue weighted by molar-refractivity contribution is -0.146. The Hall–Kier alpha value is -1.32. The SMILES string of the molecule is CCCCOC(=O)C(C)C=C(CCCC)C(=O)O. The van der Waals surface area contributed by atoms with Crippen molar-refractivity contribution in [3.8, 4) is 0 Å². The number of unbranched alkanes of at least 4 members (excludes halogenated alkanes) is 2. The molecule has 18 heavy (non-hydrogen) atoms. The van der Waals surface area contributed by atoms with E-state index in [0.29, 0.717) is 18.6 Å². The summed E-state index contributed by atoms with van der Waals surface area (Å²) in [5, 5.41) is 9.02. The summed E-state index contributed by atoms with van der Waals surface area (Å²) in [6.45, 7) is 6.10. The van der Waals surface area contributed by atoms with E-state index in [2.05, 4.69) is 0 Å². The Labute approximate surface area is 109 Å². The molecule has 1 unspecified atom stereocenters. The topological polar surface area (TPSA) is 63.6 Å². The minimum Gasteiger partial charge on any atom is -0.478 e. The summed E-state index contributed by atoms with van der Waals surface area (Å²) in [5.74, 6) is -1.79. The largest absolute Gasteiger partial charge is 0.478 e. The second-order valence-corrected chi connectivity index (χ2v) is 4.41. The zero-order chi connectivity index (χ0) is 14.0. The molecule has 0 bridgehead atoms. The Morgan fingerprint density at radius 1 is 1.22 bits per heavy atom. The van der Waals surface area contributed by atoms with Crippen molar-refractivity contribution in [2.75, 3.05) is 6.61 Å². The van der Waals surface area contributed by atoms with Crippen LogP contribution in [-0.4, -0.2) is 23.7 Å². The van der Waals surface area contributed by atoms with E-state index in [1.807, 2.05) is 13.8 Å². The van der Waals surface area contributed by atoms with Crippen molar-refractivity contribution in [1.82, 2.24) is 0 Å². The molecule has 4 heteroatoms. The standard InChI is InChI=1S/C14H24O4/c1-4-6-8-12(13(15)16)10-11(3)14(17)18-9-7-5-2/h10-11H,4-9H2,1-3H3,(H,15,16). The van der Waals surface area contributed by atoms with E-state index in [-0.39, 0.29) is 5.97 Å². The van der Waals surface area contributed by atoms with Crippen LogP contribution in [0.5, 0.6) is 0 Å². The number of carboxylic acids is 1. The molecular weight excluding hydrogens is 232 g/mol. The number of ether oxygens (including phenoxy) is 1. The minimum atomic E-state index is -0.948. The van der Waals surface area contributed by atoms with Gasteiger partial charge < -0.3 is 9.84 Å². The summed E-state index contributed by atoms with van der Waals surface area (Å²) in [5.41, 5.74) is 0.303. The Kier molecular flexibility index (Phi) is 8.97. The number of carbonyl (C=O) groups is 2. The zero-order valence-electron chi connectivity index (χ0n) is 11.6. The molecule has 0 aromatic carbocycles. The first-order valence-corrected chi connectivity index (χ1v) is 6.63. The predicted molar refractivity (Wildman–Crippen MR) is 70.3 cm³/mol. The second kappa shape index (κ2) is 9.68. The van der Waals surface area contributed by atoms with E-state index in [1.165, 1.54) is 6.08 Å². The first kappa shape index (κ1) is 16.7. The number of hydrogen-bond acceptors (Lipinski definition) is 3. The number of carbonyl (C=O) groups excluding carboxylic acids is 1. The third-order valence-electron chi connectivity index (χ3n) is 2.64. The monoisotopic (exact) mass is 256 g/mol. The highest BCUT2D eigenvalue weighted by molar-refractivity contribution is 5.88. The number of carboxylic acid groups (broad SMARTS) is 1. The van der Waals surface area contributed by atoms with Gasteiger partial charge in [0.1, 0.15) is 0 Å². The molecule has 0 fully saturated rings. The van der Waals surface area contributed by atoms with E-state index < -0.39 is 11.9 Å². The molecule has 1 N–H and O–H groups in total. The molecule has 0 saturated carbocycles. The van der Waals surface area contributed by atoms with Gasteiger partial charge >= 0.3 is 11.9 Å². The van der Waals surface area contributed by atoms with Gasteiger partial charge in [-0.25, -0.2) is 4.79 Å². The fraction of sp³-hybridized carbons (Fsp3) is 0.714. The number of esters is 1. The molecule has 0 spiro atoms. The molecule has 0 aliphatic heterocycles. The highest BCUT2D eigenvalue weighted by Crippen LogP contribution is 2.12. The number of rotatable bonds is 9. The molecule has 1 atom stereocenters. The molecule has 0 aliphatic carbocycles. The summed E-state index contributed by atoms with van der Waals surface area (Å²) in [7, 11) is 0. The average Bonchev–Trinajstić information content (AvgIpc) is 2.33. The van der Waals surface area contributed by atoms with Crippen molar-refractivity contribution in [3.63, 3.8) is 0 Å². The summed E-state index contributed by atoms with van der Waals surface area (Å²) in [4.78, 5) is 22.6. The van der Waals surface area contributed by atoms with Gasteiger partial charge in [-0.15, -0.1) is 0 Å². The molecule has 0 saturated heterocycles. The van der Waals surface area contributed by atoms with Crippen LogP contribution in [0.4, 0.5) is 0 Å². The summed E-state index contributed by atoms with van der Waals surface area (Å²) >= 11 is 0. The lowest BCUT2D eigenvalue weighted by Gasteiger charge is -2.09. The third-order valence-corrected chi connectivity index (χ3v) is 2.64. The van der Waals surface area contributed by atoms with Crippen LogP contribution in [0.25, 0.3) is 0 Å². The van der Waals surface area contributed by atoms with Gasteiger partial charge in [0.25, 0.3) is 0 Å². The van der Waals surface area contributed by atoms with Crippen molar-refractivity contribution in [3.05, 3.63) is 11.6 Å². The van der Waals surface area contributed by atoms with Crippen molar-refractivity contribution in [2.45, 2.75) is 52.9 Å². The molecule has 0 aliphatic rings. The van der Waals surface area contributed by atoms with Gasteiger partial charge in [0.2, 0.25) is 0 Å². The lowest BCUT2D eigenvalue weighted by atomic mass is 10.0. The van der Waals surface area contributed by atoms with Crippen LogP contribution in [0.2, 0.25) is 0 Å². The van der Waals surface area contributed by atoms with Crippen LogP contribution in [0.3, 0.4) is 0 Å². The maximum Gasteiger partial charge on any atom is 0.331 e. The normalized spacial score (nSPS) is 13.2. The predicted octanol–water partition coefficient (Wildman–Crippen LogP) is 3.17. The van der Waals surface area contributed by atoms with Gasteiger partial charge in [-0.2, -0.15) is 0 Å². The van der Waals surface area contributed by atoms with Crippen LogP contribution in [0.1, 0.15) is 52.9 Å². The van der Waals surface area contributed by atoms with Gasteiger partial charge in [0.05, 0.1) is 12.5 Å². The molecule has 0 heterocycles. The molecule has 0 amide bonds. The molecule has 4 nitrogen and oxygen atoms in total. The first-order chi connectivity index (χ1) is 8.52. The summed E-state index contributed by atoms with van der Waals surface area (Å²) < 4.78 is 5.05. The fourth-order valence-electron chi connectivity index (χ4n) is 1.45. The Morgan fingerprint density at radius 3 is 2.33 bits per heavy atom. The molecule has 0 radical (unpaired) electrons. The van der Waals surface area contributed by atoms with Gasteiger partial charge in [-0.05, 0) is 26.2 Å². The van der Waals surface area contributed by atoms with Crippen LogP contribution in [-0.2, 0) is 14.3 Å². The maximum atomic E-state index is 11.6. The van der Waals surface area contributed by atoms with E-state index in [9.17, 15) is 9.59 Å². The summed E-state index contributed by atoms with van der Waals surface area (Å²) in [6.07, 6.45) is 5.55. The van der Waals surface area contributed by atoms with Crippen LogP contribution in [0, 0.1) is 5.92 Å². The molecule has 0 aromatic heterocycles. The first-order valence-electron chi connectivity index (χ1n) is 6.63. The van der Waals surface area contributed by atoms with Crippen LogP contribution < -0.4 is 0 Å². The van der Waals surface area contributed by atoms with Crippen molar-refractivity contribution in [2.24, 2.45) is 5.92 Å². The quantitative estimate of drug-likeness (QED) is 0.391. The summed E-state index contributed by atoms with van der Waals surface area (Å²) in [6, 6.07) is 0. The van der Waals surface area contributed by atoms with E-state index in [0.717, 1.165) is 25.7 Å². The average molecular weight is 256 g/mol. The van der Waals surface area contributed by atoms with Gasteiger partial charge in [0, 0.05) is 5.57 Å². The second-order valence-electron chi connectivity index (χ2n) is 4.41. The molecule has 104 valence electrons. The van der Waals surface area contributed by atoms with E-state index >= 15 is 0 Å². The number of aliphatic carboxylic acids is 1. The lowest BCUT2D eigenvalue weighted by Crippen LogP contribution is -2.15. The number of hydrogen-bond donors (Lipinski definition) is 1. The molecule has 0 aromatic rings. The van der Waals surface area contributed by atoms with Crippen molar-refractivity contribution >= 4 is 11.9 Å². The third kappa shape index (κ3) is 7.09. The maximum absolute atomic E-state index is 11.6. The van der Waals surface area contributed by atoms with E-state index in [1.54, 1.807) is 6.92 Å². The van der Waals surface area contributed by atoms with Crippen LogP contribution in [0.15, 0.2) is 11.6 Å². The Balaban J connectivity index is 4.39. The van der Waals surface area contributed by atoms with Gasteiger partial charge in [-0.3, -0.25) is 4.79 Å². The zero-order valence-corrected chi connectivity index (χ0v) is 11.6. The molecular formula is C14H24O4. The van der Waals surface area contributed by atoms with Gasteiger partial charge in [0.15, 0.2) is 0 Å². The Bertz CT molecular complexity index is 294. The smallest absolute Gasteiger partial charge is 0.331 e. The van der Waals surface area contributed by atoms with Crippen molar-refractivity contribution in [1.29, 1.82) is 0 Å². The minimum absolute atomic E-state index is 0.303. The van der Waals surface area contributed by atoms with Crippen molar-refractivity contribution < 1.29 is 19.4 Å². The van der Waals surface area contributed by atoms with Gasteiger partial charge in [-0.1, -0.05) is 32.8 Å². The van der Waals surface area contributed by atoms with Crippen LogP contribution >= 0.6 is 0 Å². The highest BCUT2D eigenvalue weighted by Gasteiger charge is 2.15.